The van der Waals surface area contributed by atoms with E-state index in [4.69, 9.17) is 4.98 Å². The highest BCUT2D eigenvalue weighted by Gasteiger charge is 2.24. The van der Waals surface area contributed by atoms with E-state index >= 15 is 0 Å². The summed E-state index contributed by atoms with van der Waals surface area (Å²) < 4.78 is 2.37. The molecule has 0 unspecified atom stereocenters. The van der Waals surface area contributed by atoms with Crippen LogP contribution >= 0.6 is 0 Å². The molecule has 2 heteroatoms. The van der Waals surface area contributed by atoms with E-state index in [9.17, 15) is 0 Å². The number of hydrogen-bond acceptors (Lipinski definition) is 1. The number of nitrogens with zero attached hydrogens (tertiary/aromatic N) is 2. The van der Waals surface area contributed by atoms with Gasteiger partial charge in [0.2, 0.25) is 0 Å². The average molecular weight is 352 g/mol. The van der Waals surface area contributed by atoms with Gasteiger partial charge in [0.05, 0.1) is 11.6 Å². The lowest BCUT2D eigenvalue weighted by molar-refractivity contribution is 0.689. The lowest BCUT2D eigenvalue weighted by Crippen LogP contribution is -2.13. The third-order valence-electron chi connectivity index (χ3n) is 5.19. The van der Waals surface area contributed by atoms with Gasteiger partial charge < -0.3 is 4.57 Å². The molecule has 0 spiro atoms. The molecule has 0 radical (unpaired) electrons. The fraction of sp³-hybridized carbons (Fsp3) is 0.160. The summed E-state index contributed by atoms with van der Waals surface area (Å²) in [6, 6.07) is 32.0. The second kappa shape index (κ2) is 7.63. The molecule has 0 bridgehead atoms. The Morgan fingerprint density at radius 1 is 0.704 bits per heavy atom. The van der Waals surface area contributed by atoms with E-state index in [1.165, 1.54) is 22.4 Å². The molecule has 0 aliphatic carbocycles. The number of benzene rings is 3. The van der Waals surface area contributed by atoms with Gasteiger partial charge >= 0.3 is 0 Å². The molecule has 1 aromatic heterocycles. The van der Waals surface area contributed by atoms with Crippen LogP contribution in [0.1, 0.15) is 39.8 Å². The summed E-state index contributed by atoms with van der Waals surface area (Å²) in [5.41, 5.74) is 6.15. The Kier molecular flexibility index (Phi) is 4.88. The monoisotopic (exact) mass is 352 g/mol. The minimum absolute atomic E-state index is 0.114. The molecule has 4 rings (SSSR count). The van der Waals surface area contributed by atoms with Crippen molar-refractivity contribution in [3.05, 3.63) is 125 Å². The first kappa shape index (κ1) is 17.3. The molecule has 27 heavy (non-hydrogen) atoms. The van der Waals surface area contributed by atoms with Crippen molar-refractivity contribution >= 4 is 0 Å². The molecule has 0 N–H and O–H groups in total. The zero-order chi connectivity index (χ0) is 18.6. The van der Waals surface area contributed by atoms with Crippen LogP contribution in [-0.4, -0.2) is 9.55 Å². The SMILES string of the molecule is Cc1nc(C(c2ccccc2)c2ccccc2)n(Cc2ccccc2)c1C. The predicted octanol–water partition coefficient (Wildman–Crippen LogP) is 5.73. The van der Waals surface area contributed by atoms with E-state index in [2.05, 4.69) is 109 Å². The van der Waals surface area contributed by atoms with E-state index in [1.54, 1.807) is 0 Å². The normalized spacial score (nSPS) is 11.1. The molecule has 0 aliphatic heterocycles. The Hall–Kier alpha value is -3.13. The van der Waals surface area contributed by atoms with Gasteiger partial charge in [-0.1, -0.05) is 91.0 Å². The third-order valence-corrected chi connectivity index (χ3v) is 5.19. The van der Waals surface area contributed by atoms with Crippen LogP contribution in [-0.2, 0) is 6.54 Å². The fourth-order valence-corrected chi connectivity index (χ4v) is 3.65. The van der Waals surface area contributed by atoms with Crippen LogP contribution in [0, 0.1) is 13.8 Å². The Bertz CT molecular complexity index is 963. The third kappa shape index (κ3) is 3.56. The van der Waals surface area contributed by atoms with Crippen molar-refractivity contribution in [2.75, 3.05) is 0 Å². The van der Waals surface area contributed by atoms with Crippen molar-refractivity contribution in [2.45, 2.75) is 26.3 Å². The van der Waals surface area contributed by atoms with E-state index in [0.717, 1.165) is 18.1 Å². The van der Waals surface area contributed by atoms with E-state index in [1.807, 2.05) is 0 Å². The second-order valence-corrected chi connectivity index (χ2v) is 6.97. The Morgan fingerprint density at radius 3 is 1.70 bits per heavy atom. The lowest BCUT2D eigenvalue weighted by atomic mass is 9.90. The van der Waals surface area contributed by atoms with Crippen LogP contribution in [0.3, 0.4) is 0 Å². The number of hydrogen-bond donors (Lipinski definition) is 0. The highest BCUT2D eigenvalue weighted by molar-refractivity contribution is 5.40. The van der Waals surface area contributed by atoms with Gasteiger partial charge in [-0.3, -0.25) is 0 Å². The van der Waals surface area contributed by atoms with Crippen LogP contribution < -0.4 is 0 Å². The van der Waals surface area contributed by atoms with Crippen molar-refractivity contribution < 1.29 is 0 Å². The summed E-state index contributed by atoms with van der Waals surface area (Å²) in [5.74, 6) is 1.22. The molecule has 0 fully saturated rings. The average Bonchev–Trinajstić information content (AvgIpc) is 2.99. The fourth-order valence-electron chi connectivity index (χ4n) is 3.65. The summed E-state index contributed by atoms with van der Waals surface area (Å²) in [6.07, 6.45) is 0. The molecule has 0 saturated heterocycles. The molecule has 3 aromatic carbocycles. The Balaban J connectivity index is 1.87. The largest absolute Gasteiger partial charge is 0.327 e. The van der Waals surface area contributed by atoms with Crippen molar-refractivity contribution in [1.29, 1.82) is 0 Å². The van der Waals surface area contributed by atoms with Crippen molar-refractivity contribution in [3.63, 3.8) is 0 Å². The van der Waals surface area contributed by atoms with Crippen molar-refractivity contribution in [3.8, 4) is 0 Å². The highest BCUT2D eigenvalue weighted by Crippen LogP contribution is 2.32. The van der Waals surface area contributed by atoms with E-state index in [-0.39, 0.29) is 5.92 Å². The van der Waals surface area contributed by atoms with Crippen LogP contribution in [0.15, 0.2) is 91.0 Å². The summed E-state index contributed by atoms with van der Waals surface area (Å²) >= 11 is 0. The van der Waals surface area contributed by atoms with Gasteiger partial charge in [-0.2, -0.15) is 0 Å². The van der Waals surface area contributed by atoms with Crippen LogP contribution in [0.5, 0.6) is 0 Å². The van der Waals surface area contributed by atoms with Gasteiger partial charge in [-0.15, -0.1) is 0 Å². The first-order chi connectivity index (χ1) is 13.2. The smallest absolute Gasteiger partial charge is 0.121 e. The van der Waals surface area contributed by atoms with Crippen LogP contribution in [0.2, 0.25) is 0 Å². The molecule has 0 amide bonds. The highest BCUT2D eigenvalue weighted by atomic mass is 15.1. The van der Waals surface area contributed by atoms with Crippen molar-refractivity contribution in [1.82, 2.24) is 9.55 Å². The van der Waals surface area contributed by atoms with Gasteiger partial charge in [-0.05, 0) is 30.5 Å². The number of aromatic nitrogens is 2. The summed E-state index contributed by atoms with van der Waals surface area (Å²) in [6.45, 7) is 5.11. The minimum Gasteiger partial charge on any atom is -0.327 e. The molecule has 0 aliphatic rings. The quantitative estimate of drug-likeness (QED) is 0.448. The summed E-state index contributed by atoms with van der Waals surface area (Å²) in [7, 11) is 0. The Labute approximate surface area is 161 Å². The first-order valence-electron chi connectivity index (χ1n) is 9.41. The van der Waals surface area contributed by atoms with Gasteiger partial charge in [-0.25, -0.2) is 4.98 Å². The molecule has 1 heterocycles. The number of aryl methyl sites for hydroxylation is 1. The predicted molar refractivity (Wildman–Crippen MR) is 111 cm³/mol. The molecular formula is C25H24N2. The Morgan fingerprint density at radius 2 is 1.19 bits per heavy atom. The van der Waals surface area contributed by atoms with Crippen LogP contribution in [0.4, 0.5) is 0 Å². The van der Waals surface area contributed by atoms with E-state index in [0.29, 0.717) is 0 Å². The maximum absolute atomic E-state index is 5.02. The molecule has 0 atom stereocenters. The zero-order valence-corrected chi connectivity index (χ0v) is 15.8. The lowest BCUT2D eigenvalue weighted by Gasteiger charge is -2.20. The van der Waals surface area contributed by atoms with Crippen LogP contribution in [0.25, 0.3) is 0 Å². The summed E-state index contributed by atoms with van der Waals surface area (Å²) in [5, 5.41) is 0. The standard InChI is InChI=1S/C25H24N2/c1-19-20(2)27(18-21-12-6-3-7-13-21)25(26-19)24(22-14-8-4-9-15-22)23-16-10-5-11-17-23/h3-17,24H,18H2,1-2H3. The molecular weight excluding hydrogens is 328 g/mol. The molecule has 2 nitrogen and oxygen atoms in total. The molecule has 0 saturated carbocycles. The molecule has 134 valence electrons. The van der Waals surface area contributed by atoms with E-state index < -0.39 is 0 Å². The van der Waals surface area contributed by atoms with Gasteiger partial charge in [0, 0.05) is 12.2 Å². The topological polar surface area (TPSA) is 17.8 Å². The van der Waals surface area contributed by atoms with Gasteiger partial charge in [0.25, 0.3) is 0 Å². The van der Waals surface area contributed by atoms with Gasteiger partial charge in [0.15, 0.2) is 0 Å². The first-order valence-corrected chi connectivity index (χ1v) is 9.41. The zero-order valence-electron chi connectivity index (χ0n) is 15.8. The number of imidazole rings is 1. The van der Waals surface area contributed by atoms with Gasteiger partial charge in [0.1, 0.15) is 5.82 Å². The minimum atomic E-state index is 0.114. The maximum Gasteiger partial charge on any atom is 0.121 e. The summed E-state index contributed by atoms with van der Waals surface area (Å²) in [4.78, 5) is 5.02. The maximum atomic E-state index is 5.02. The van der Waals surface area contributed by atoms with Crippen molar-refractivity contribution in [2.24, 2.45) is 0 Å². The molecule has 4 aromatic rings. The number of rotatable bonds is 5. The second-order valence-electron chi connectivity index (χ2n) is 6.97.